The maximum absolute atomic E-state index is 14.2. The van der Waals surface area contributed by atoms with Crippen LogP contribution in [0.1, 0.15) is 47.1 Å². The van der Waals surface area contributed by atoms with Gasteiger partial charge in [-0.3, -0.25) is 14.2 Å². The molecule has 46 heavy (non-hydrogen) atoms. The van der Waals surface area contributed by atoms with Gasteiger partial charge in [-0.05, 0) is 43.7 Å². The number of methoxy groups -OCH3 is 2. The number of fused-ring (bicyclic) bond motifs is 1. The van der Waals surface area contributed by atoms with Crippen molar-refractivity contribution in [2.45, 2.75) is 19.9 Å². The van der Waals surface area contributed by atoms with E-state index >= 15 is 0 Å². The lowest BCUT2D eigenvalue weighted by molar-refractivity contribution is -0.138. The number of hydrogen-bond acceptors (Lipinski definition) is 9. The third-order valence-corrected chi connectivity index (χ3v) is 8.56. The number of nitrogens with zero attached hydrogens (tertiary/aromatic N) is 2. The minimum atomic E-state index is -0.876. The number of benzene rings is 3. The lowest BCUT2D eigenvalue weighted by atomic mass is 9.93. The van der Waals surface area contributed by atoms with Crippen LogP contribution in [0.25, 0.3) is 23.1 Å². The molecule has 3 heterocycles. The Morgan fingerprint density at radius 2 is 1.67 bits per heavy atom. The van der Waals surface area contributed by atoms with Crippen LogP contribution < -0.4 is 24.4 Å². The third kappa shape index (κ3) is 5.70. The van der Waals surface area contributed by atoms with Gasteiger partial charge in [0, 0.05) is 22.8 Å². The van der Waals surface area contributed by atoms with Crippen molar-refractivity contribution in [2.75, 3.05) is 20.8 Å². The van der Waals surface area contributed by atoms with E-state index in [1.54, 1.807) is 56.5 Å². The van der Waals surface area contributed by atoms with Crippen molar-refractivity contribution in [1.29, 1.82) is 0 Å². The average Bonchev–Trinajstić information content (AvgIpc) is 3.68. The number of aromatic nitrogens is 1. The van der Waals surface area contributed by atoms with Gasteiger partial charge in [0.05, 0.1) is 42.7 Å². The molecule has 0 saturated carbocycles. The van der Waals surface area contributed by atoms with E-state index in [9.17, 15) is 14.4 Å². The van der Waals surface area contributed by atoms with E-state index in [2.05, 4.69) is 0 Å². The first-order chi connectivity index (χ1) is 22.3. The lowest BCUT2D eigenvalue weighted by Crippen LogP contribution is -2.40. The van der Waals surface area contributed by atoms with E-state index < -0.39 is 12.0 Å². The Bertz CT molecular complexity index is 2160. The summed E-state index contributed by atoms with van der Waals surface area (Å²) in [5, 5.41) is 0. The molecule has 0 fully saturated rings. The Hall–Kier alpha value is -5.48. The van der Waals surface area contributed by atoms with Crippen molar-refractivity contribution in [2.24, 2.45) is 4.99 Å². The molecule has 0 bridgehead atoms. The SMILES string of the molecule is CCOC(=O)C1=C(c2ccccc2)N=c2s/c(=C\c3ccc(-c4ccc(C(C)=O)cc4)o3)c(=O)n2[C@H]1c1ccc(OC)c(OC)c1. The van der Waals surface area contributed by atoms with Gasteiger partial charge in [0.25, 0.3) is 5.56 Å². The van der Waals surface area contributed by atoms with Crippen LogP contribution in [-0.2, 0) is 9.53 Å². The van der Waals surface area contributed by atoms with Crippen LogP contribution in [0.5, 0.6) is 11.5 Å². The molecule has 2 aromatic heterocycles. The highest BCUT2D eigenvalue weighted by Crippen LogP contribution is 2.38. The van der Waals surface area contributed by atoms with Gasteiger partial charge in [-0.2, -0.15) is 0 Å². The van der Waals surface area contributed by atoms with Gasteiger partial charge in [0.15, 0.2) is 22.1 Å². The number of ketones is 1. The van der Waals surface area contributed by atoms with E-state index in [-0.39, 0.29) is 23.5 Å². The number of esters is 1. The second-order valence-corrected chi connectivity index (χ2v) is 11.4. The first-order valence-electron chi connectivity index (χ1n) is 14.5. The van der Waals surface area contributed by atoms with Crippen LogP contribution >= 0.6 is 11.3 Å². The summed E-state index contributed by atoms with van der Waals surface area (Å²) in [5.41, 5.74) is 3.03. The van der Waals surface area contributed by atoms with Crippen LogP contribution in [0.3, 0.4) is 0 Å². The monoisotopic (exact) mass is 634 g/mol. The van der Waals surface area contributed by atoms with Crippen LogP contribution in [0.2, 0.25) is 0 Å². The van der Waals surface area contributed by atoms with Crippen molar-refractivity contribution in [1.82, 2.24) is 4.57 Å². The van der Waals surface area contributed by atoms with Gasteiger partial charge < -0.3 is 18.6 Å². The fraction of sp³-hybridized carbons (Fsp3) is 0.167. The molecule has 0 spiro atoms. The molecule has 5 aromatic rings. The highest BCUT2D eigenvalue weighted by molar-refractivity contribution is 7.07. The standard InChI is InChI=1S/C36H30N2O7S/c1-5-44-35(41)31-32(24-9-7-6-8-10-24)37-36-38(33(31)25-15-17-28(42-3)29(19-25)43-4)34(40)30(46-36)20-26-16-18-27(45-26)23-13-11-22(12-14-23)21(2)39/h6-20,33H,5H2,1-4H3/b30-20-/t33-/m0/s1. The minimum absolute atomic E-state index is 0.0185. The van der Waals surface area contributed by atoms with Gasteiger partial charge in [-0.1, -0.05) is 72.0 Å². The van der Waals surface area contributed by atoms with Crippen LogP contribution in [0, 0.1) is 0 Å². The fourth-order valence-corrected chi connectivity index (χ4v) is 6.34. The molecule has 3 aromatic carbocycles. The summed E-state index contributed by atoms with van der Waals surface area (Å²) < 4.78 is 24.5. The van der Waals surface area contributed by atoms with E-state index in [0.717, 1.165) is 5.56 Å². The Labute approximate surface area is 268 Å². The molecule has 0 N–H and O–H groups in total. The van der Waals surface area contributed by atoms with Crippen molar-refractivity contribution in [3.8, 4) is 22.8 Å². The normalized spacial score (nSPS) is 14.4. The zero-order chi connectivity index (χ0) is 32.4. The molecule has 0 radical (unpaired) electrons. The molecule has 0 amide bonds. The Kier molecular flexibility index (Phi) is 8.54. The first-order valence-corrected chi connectivity index (χ1v) is 15.4. The van der Waals surface area contributed by atoms with Gasteiger partial charge >= 0.3 is 5.97 Å². The highest BCUT2D eigenvalue weighted by Gasteiger charge is 2.35. The Balaban J connectivity index is 1.54. The zero-order valence-electron chi connectivity index (χ0n) is 25.6. The van der Waals surface area contributed by atoms with Crippen molar-refractivity contribution < 1.29 is 28.2 Å². The maximum atomic E-state index is 14.2. The number of furan rings is 1. The van der Waals surface area contributed by atoms with Crippen LogP contribution in [-0.4, -0.2) is 37.1 Å². The number of rotatable bonds is 9. The zero-order valence-corrected chi connectivity index (χ0v) is 26.4. The van der Waals surface area contributed by atoms with E-state index in [0.29, 0.717) is 54.7 Å². The van der Waals surface area contributed by atoms with Gasteiger partial charge in [-0.25, -0.2) is 9.79 Å². The molecule has 10 heteroatoms. The summed E-state index contributed by atoms with van der Waals surface area (Å²) in [6.07, 6.45) is 1.67. The molecule has 9 nitrogen and oxygen atoms in total. The summed E-state index contributed by atoms with van der Waals surface area (Å²) >= 11 is 1.20. The molecule has 0 unspecified atom stereocenters. The number of thiazole rings is 1. The van der Waals surface area contributed by atoms with Crippen molar-refractivity contribution in [3.05, 3.63) is 133 Å². The largest absolute Gasteiger partial charge is 0.493 e. The fourth-order valence-electron chi connectivity index (χ4n) is 5.36. The summed E-state index contributed by atoms with van der Waals surface area (Å²) in [7, 11) is 3.07. The van der Waals surface area contributed by atoms with Crippen LogP contribution in [0.15, 0.2) is 105 Å². The molecule has 0 aliphatic carbocycles. The summed E-state index contributed by atoms with van der Waals surface area (Å²) in [5.74, 6) is 1.41. The topological polar surface area (TPSA) is 109 Å². The number of carbonyl (C=O) groups excluding carboxylic acids is 2. The van der Waals surface area contributed by atoms with Gasteiger partial charge in [0.2, 0.25) is 0 Å². The molecular formula is C36H30N2O7S. The van der Waals surface area contributed by atoms with E-state index in [1.165, 1.54) is 29.9 Å². The van der Waals surface area contributed by atoms with Crippen LogP contribution in [0.4, 0.5) is 0 Å². The average molecular weight is 635 g/mol. The molecule has 1 atom stereocenters. The molecule has 6 rings (SSSR count). The quantitative estimate of drug-likeness (QED) is 0.157. The van der Waals surface area contributed by atoms with E-state index in [1.807, 2.05) is 48.5 Å². The van der Waals surface area contributed by atoms with Gasteiger partial charge in [0.1, 0.15) is 11.5 Å². The molecular weight excluding hydrogens is 604 g/mol. The lowest BCUT2D eigenvalue weighted by Gasteiger charge is -2.26. The molecule has 0 saturated heterocycles. The molecule has 1 aliphatic rings. The molecule has 1 aliphatic heterocycles. The Morgan fingerprint density at radius 3 is 2.35 bits per heavy atom. The number of ether oxygens (including phenoxy) is 3. The third-order valence-electron chi connectivity index (χ3n) is 7.57. The number of Topliss-reactive ketones (excluding diaryl/α,β-unsaturated/α-hetero) is 1. The summed E-state index contributed by atoms with van der Waals surface area (Å²) in [4.78, 5) is 44.9. The second-order valence-electron chi connectivity index (χ2n) is 10.4. The first kappa shape index (κ1) is 30.5. The summed E-state index contributed by atoms with van der Waals surface area (Å²) in [6.45, 7) is 3.40. The number of hydrogen-bond donors (Lipinski definition) is 0. The predicted molar refractivity (Wildman–Crippen MR) is 175 cm³/mol. The smallest absolute Gasteiger partial charge is 0.338 e. The second kappa shape index (κ2) is 12.9. The molecule has 232 valence electrons. The summed E-state index contributed by atoms with van der Waals surface area (Å²) in [6, 6.07) is 24.5. The maximum Gasteiger partial charge on any atom is 0.338 e. The predicted octanol–water partition coefficient (Wildman–Crippen LogP) is 5.42. The van der Waals surface area contributed by atoms with Crippen molar-refractivity contribution >= 4 is 34.9 Å². The minimum Gasteiger partial charge on any atom is -0.493 e. The Morgan fingerprint density at radius 1 is 0.935 bits per heavy atom. The van der Waals surface area contributed by atoms with Crippen molar-refractivity contribution in [3.63, 3.8) is 0 Å². The van der Waals surface area contributed by atoms with Gasteiger partial charge in [-0.15, -0.1) is 0 Å². The van der Waals surface area contributed by atoms with E-state index in [4.69, 9.17) is 23.6 Å². The highest BCUT2D eigenvalue weighted by atomic mass is 32.1. The number of carbonyl (C=O) groups is 2.